The lowest BCUT2D eigenvalue weighted by Gasteiger charge is -2.09. The van der Waals surface area contributed by atoms with E-state index in [1.807, 2.05) is 6.07 Å². The summed E-state index contributed by atoms with van der Waals surface area (Å²) in [6.07, 6.45) is 0. The van der Waals surface area contributed by atoms with Crippen LogP contribution >= 0.6 is 0 Å². The Morgan fingerprint density at radius 3 is 2.00 bits per heavy atom. The van der Waals surface area contributed by atoms with Gasteiger partial charge < -0.3 is 18.1 Å². The van der Waals surface area contributed by atoms with Crippen molar-refractivity contribution in [2.45, 2.75) is 13.8 Å². The van der Waals surface area contributed by atoms with Crippen molar-refractivity contribution >= 4 is 5.69 Å². The largest absolute Gasteiger partial charge is 1.00 e. The Labute approximate surface area is 103 Å². The zero-order valence-corrected chi connectivity index (χ0v) is 10.4. The summed E-state index contributed by atoms with van der Waals surface area (Å²) < 4.78 is 0. The minimum Gasteiger partial charge on any atom is -1.00 e. The highest BCUT2D eigenvalue weighted by atomic mass is 35.5. The van der Waals surface area contributed by atoms with Crippen LogP contribution < -0.4 is 18.1 Å². The van der Waals surface area contributed by atoms with Crippen LogP contribution in [0.5, 0.6) is 0 Å². The van der Waals surface area contributed by atoms with Gasteiger partial charge in [-0.2, -0.15) is 0 Å². The molecule has 0 aliphatic carbocycles. The molecule has 0 spiro atoms. The molecule has 3 N–H and O–H groups in total. The maximum atomic E-state index is 3.97. The zero-order valence-electron chi connectivity index (χ0n) is 9.63. The molecule has 0 fully saturated rings. The Morgan fingerprint density at radius 2 is 1.44 bits per heavy atom. The van der Waals surface area contributed by atoms with E-state index in [0.717, 1.165) is 5.69 Å². The highest BCUT2D eigenvalue weighted by molar-refractivity contribution is 5.72. The van der Waals surface area contributed by atoms with Gasteiger partial charge in [0, 0.05) is 6.07 Å². The molecule has 0 aromatic heterocycles. The molecule has 0 unspecified atom stereocenters. The van der Waals surface area contributed by atoms with Crippen molar-refractivity contribution < 1.29 is 18.1 Å². The number of benzene rings is 2. The number of quaternary nitrogens is 1. The molecule has 0 atom stereocenters. The van der Waals surface area contributed by atoms with Crippen LogP contribution in [0, 0.1) is 13.8 Å². The molecule has 0 amide bonds. The van der Waals surface area contributed by atoms with Gasteiger partial charge >= 0.3 is 0 Å². The molecule has 0 aliphatic rings. The molecule has 0 aliphatic heterocycles. The van der Waals surface area contributed by atoms with E-state index >= 15 is 0 Å². The van der Waals surface area contributed by atoms with Crippen molar-refractivity contribution in [3.63, 3.8) is 0 Å². The van der Waals surface area contributed by atoms with Gasteiger partial charge in [-0.05, 0) is 42.2 Å². The second-order valence-corrected chi connectivity index (χ2v) is 3.97. The van der Waals surface area contributed by atoms with Crippen LogP contribution in [0.1, 0.15) is 11.1 Å². The lowest BCUT2D eigenvalue weighted by molar-refractivity contribution is -0.254. The Morgan fingerprint density at radius 1 is 0.875 bits per heavy atom. The van der Waals surface area contributed by atoms with Gasteiger partial charge in [-0.1, -0.05) is 30.3 Å². The van der Waals surface area contributed by atoms with Crippen LogP contribution in [0.4, 0.5) is 5.69 Å². The first-order valence-corrected chi connectivity index (χ1v) is 5.17. The van der Waals surface area contributed by atoms with Crippen LogP contribution in [0.15, 0.2) is 42.5 Å². The molecule has 0 bridgehead atoms. The summed E-state index contributed by atoms with van der Waals surface area (Å²) in [5.74, 6) is 0. The smallest absolute Gasteiger partial charge is 0.128 e. The topological polar surface area (TPSA) is 27.6 Å². The number of hydrogen-bond acceptors (Lipinski definition) is 0. The first-order valence-electron chi connectivity index (χ1n) is 5.17. The lowest BCUT2D eigenvalue weighted by atomic mass is 9.96. The normalized spacial score (nSPS) is 9.69. The summed E-state index contributed by atoms with van der Waals surface area (Å²) in [6, 6.07) is 14.8. The molecule has 16 heavy (non-hydrogen) atoms. The second kappa shape index (κ2) is 5.15. The molecule has 84 valence electrons. The molecule has 0 saturated carbocycles. The average molecular weight is 234 g/mol. The highest BCUT2D eigenvalue weighted by Gasteiger charge is 2.05. The third-order valence-electron chi connectivity index (χ3n) is 2.70. The summed E-state index contributed by atoms with van der Waals surface area (Å²) >= 11 is 0. The molecule has 2 aromatic rings. The van der Waals surface area contributed by atoms with Crippen LogP contribution in [-0.4, -0.2) is 0 Å². The van der Waals surface area contributed by atoms with Crippen LogP contribution in [0.2, 0.25) is 0 Å². The Hall–Kier alpha value is -1.31. The molecule has 0 radical (unpaired) electrons. The zero-order chi connectivity index (χ0) is 10.8. The third kappa shape index (κ3) is 2.43. The fourth-order valence-corrected chi connectivity index (χ4v) is 2.00. The number of hydrogen-bond donors (Lipinski definition) is 1. The monoisotopic (exact) mass is 233 g/mol. The van der Waals surface area contributed by atoms with E-state index < -0.39 is 0 Å². The molecule has 0 saturated heterocycles. The van der Waals surface area contributed by atoms with Crippen molar-refractivity contribution in [2.75, 3.05) is 0 Å². The van der Waals surface area contributed by atoms with Crippen molar-refractivity contribution in [3.05, 3.63) is 53.6 Å². The van der Waals surface area contributed by atoms with Gasteiger partial charge in [-0.3, -0.25) is 0 Å². The minimum absolute atomic E-state index is 0. The molecule has 1 nitrogen and oxygen atoms in total. The van der Waals surface area contributed by atoms with E-state index in [9.17, 15) is 0 Å². The van der Waals surface area contributed by atoms with Crippen LogP contribution in [-0.2, 0) is 0 Å². The van der Waals surface area contributed by atoms with Crippen molar-refractivity contribution in [2.24, 2.45) is 0 Å². The third-order valence-corrected chi connectivity index (χ3v) is 2.70. The van der Waals surface area contributed by atoms with Gasteiger partial charge in [-0.25, -0.2) is 0 Å². The molecule has 2 heteroatoms. The van der Waals surface area contributed by atoms with Gasteiger partial charge in [-0.15, -0.1) is 0 Å². The van der Waals surface area contributed by atoms with E-state index in [-0.39, 0.29) is 12.4 Å². The van der Waals surface area contributed by atoms with Gasteiger partial charge in [0.25, 0.3) is 0 Å². The van der Waals surface area contributed by atoms with E-state index in [0.29, 0.717) is 0 Å². The number of aryl methyl sites for hydroxylation is 2. The Balaban J connectivity index is 0.00000128. The first kappa shape index (κ1) is 12.8. The van der Waals surface area contributed by atoms with E-state index in [1.54, 1.807) is 0 Å². The quantitative estimate of drug-likeness (QED) is 0.710. The second-order valence-electron chi connectivity index (χ2n) is 3.97. The predicted octanol–water partition coefficient (Wildman–Crippen LogP) is -0.152. The van der Waals surface area contributed by atoms with Gasteiger partial charge in [0.15, 0.2) is 0 Å². The van der Waals surface area contributed by atoms with Gasteiger partial charge in [0.2, 0.25) is 0 Å². The fraction of sp³-hybridized carbons (Fsp3) is 0.143. The van der Waals surface area contributed by atoms with Crippen molar-refractivity contribution in [3.8, 4) is 11.1 Å². The Bertz CT molecular complexity index is 472. The van der Waals surface area contributed by atoms with E-state index in [1.165, 1.54) is 22.3 Å². The number of rotatable bonds is 1. The average Bonchev–Trinajstić information content (AvgIpc) is 2.17. The Kier molecular flexibility index (Phi) is 4.11. The lowest BCUT2D eigenvalue weighted by Crippen LogP contribution is -3.00. The SMILES string of the molecule is Cc1cccc(C)c1-c1cccc([NH3+])c1.[Cl-]. The fourth-order valence-electron chi connectivity index (χ4n) is 2.00. The summed E-state index contributed by atoms with van der Waals surface area (Å²) in [4.78, 5) is 0. The predicted molar refractivity (Wildman–Crippen MR) is 63.9 cm³/mol. The van der Waals surface area contributed by atoms with Crippen LogP contribution in [0.3, 0.4) is 0 Å². The summed E-state index contributed by atoms with van der Waals surface area (Å²) in [6.45, 7) is 4.30. The molecule has 2 aromatic carbocycles. The van der Waals surface area contributed by atoms with E-state index in [4.69, 9.17) is 0 Å². The highest BCUT2D eigenvalue weighted by Crippen LogP contribution is 2.27. The minimum atomic E-state index is 0. The standard InChI is InChI=1S/C14H15N.ClH/c1-10-5-3-6-11(2)14(10)12-7-4-8-13(15)9-12;/h3-9H,15H2,1-2H3;1H. The maximum absolute atomic E-state index is 3.97. The first-order chi connectivity index (χ1) is 7.18. The molecule has 2 rings (SSSR count). The molecular formula is C14H16ClN. The van der Waals surface area contributed by atoms with Gasteiger partial charge in [0.1, 0.15) is 5.69 Å². The van der Waals surface area contributed by atoms with Crippen molar-refractivity contribution in [1.29, 1.82) is 0 Å². The number of halogens is 1. The van der Waals surface area contributed by atoms with E-state index in [2.05, 4.69) is 56.0 Å². The van der Waals surface area contributed by atoms with Gasteiger partial charge in [0.05, 0.1) is 0 Å². The van der Waals surface area contributed by atoms with Crippen molar-refractivity contribution in [1.82, 2.24) is 0 Å². The summed E-state index contributed by atoms with van der Waals surface area (Å²) in [5, 5.41) is 0. The van der Waals surface area contributed by atoms with Crippen LogP contribution in [0.25, 0.3) is 11.1 Å². The maximum Gasteiger partial charge on any atom is 0.128 e. The molecular weight excluding hydrogens is 218 g/mol. The molecule has 0 heterocycles. The summed E-state index contributed by atoms with van der Waals surface area (Å²) in [7, 11) is 0. The summed E-state index contributed by atoms with van der Waals surface area (Å²) in [5.41, 5.74) is 10.3.